The number of ether oxygens (including phenoxy) is 1. The van der Waals surface area contributed by atoms with Gasteiger partial charge in [-0.2, -0.15) is 0 Å². The predicted molar refractivity (Wildman–Crippen MR) is 71.3 cm³/mol. The van der Waals surface area contributed by atoms with Crippen LogP contribution in [-0.4, -0.2) is 49.3 Å². The third-order valence-electron chi connectivity index (χ3n) is 3.23. The molecule has 0 radical (unpaired) electrons. The number of H-pyrrole nitrogens is 1. The van der Waals surface area contributed by atoms with Crippen LogP contribution in [0.2, 0.25) is 0 Å². The van der Waals surface area contributed by atoms with Crippen molar-refractivity contribution in [2.45, 2.75) is 37.4 Å². The number of rotatable bonds is 2. The van der Waals surface area contributed by atoms with E-state index in [0.717, 1.165) is 16.8 Å². The zero-order valence-corrected chi connectivity index (χ0v) is 11.3. The van der Waals surface area contributed by atoms with E-state index in [9.17, 15) is 24.9 Å². The number of aromatic nitrogens is 2. The molecule has 1 aliphatic heterocycles. The van der Waals surface area contributed by atoms with Crippen LogP contribution in [0.25, 0.3) is 0 Å². The molecule has 4 atom stereocenters. The Labute approximate surface area is 119 Å². The van der Waals surface area contributed by atoms with Gasteiger partial charge in [-0.05, 0) is 0 Å². The number of aliphatic hydroxyl groups is 3. The quantitative estimate of drug-likeness (QED) is 0.465. The molecule has 0 bridgehead atoms. The highest BCUT2D eigenvalue weighted by molar-refractivity contribution is 5.22. The highest BCUT2D eigenvalue weighted by Crippen LogP contribution is 2.37. The largest absolute Gasteiger partial charge is 0.394 e. The molecule has 1 saturated heterocycles. The molecule has 1 aromatic heterocycles. The van der Waals surface area contributed by atoms with Crippen LogP contribution in [0.3, 0.4) is 0 Å². The van der Waals surface area contributed by atoms with E-state index in [2.05, 4.69) is 11.8 Å². The third kappa shape index (κ3) is 2.64. The lowest BCUT2D eigenvalue weighted by Gasteiger charge is -2.26. The molecule has 4 unspecified atom stereocenters. The Kier molecular flexibility index (Phi) is 4.29. The van der Waals surface area contributed by atoms with E-state index in [1.807, 2.05) is 4.98 Å². The van der Waals surface area contributed by atoms with Crippen molar-refractivity contribution in [3.8, 4) is 11.8 Å². The zero-order chi connectivity index (χ0) is 15.6. The lowest BCUT2D eigenvalue weighted by molar-refractivity contribution is -0.0765. The molecule has 2 heterocycles. The second kappa shape index (κ2) is 5.83. The molecular formula is C13H16N2O6. The molecule has 0 amide bonds. The first-order valence-electron chi connectivity index (χ1n) is 6.42. The summed E-state index contributed by atoms with van der Waals surface area (Å²) < 4.78 is 6.25. The molecule has 2 rings (SSSR count). The van der Waals surface area contributed by atoms with Crippen LogP contribution in [0, 0.1) is 11.8 Å². The first-order valence-corrected chi connectivity index (χ1v) is 6.42. The van der Waals surface area contributed by atoms with Crippen molar-refractivity contribution in [1.29, 1.82) is 0 Å². The number of nitrogens with one attached hydrogen (secondary N) is 1. The van der Waals surface area contributed by atoms with Crippen molar-refractivity contribution in [2.75, 3.05) is 6.61 Å². The number of hydrogen-bond donors (Lipinski definition) is 4. The Bertz CT molecular complexity index is 684. The standard InChI is InChI=1S/C13H16N2O6/c1-2-3-5-13(20)10(18)8(7-16)21-11(13)15-6-4-9(17)14-12(15)19/h4,6,8,10-11,16,18,20H,2,7H2,1H3,(H,14,17,19). The zero-order valence-electron chi connectivity index (χ0n) is 11.3. The fraction of sp³-hybridized carbons (Fsp3) is 0.538. The van der Waals surface area contributed by atoms with E-state index in [1.165, 1.54) is 0 Å². The second-order valence-corrected chi connectivity index (χ2v) is 4.65. The summed E-state index contributed by atoms with van der Waals surface area (Å²) in [5.74, 6) is 5.11. The van der Waals surface area contributed by atoms with Gasteiger partial charge in [-0.1, -0.05) is 12.8 Å². The summed E-state index contributed by atoms with van der Waals surface area (Å²) in [6.07, 6.45) is -2.37. The van der Waals surface area contributed by atoms with Crippen molar-refractivity contribution in [2.24, 2.45) is 0 Å². The predicted octanol–water partition coefficient (Wildman–Crippen LogP) is -2.07. The van der Waals surface area contributed by atoms with Gasteiger partial charge in [0.1, 0.15) is 12.2 Å². The summed E-state index contributed by atoms with van der Waals surface area (Å²) in [5.41, 5.74) is -3.47. The Morgan fingerprint density at radius 1 is 1.52 bits per heavy atom. The van der Waals surface area contributed by atoms with Crippen LogP contribution < -0.4 is 11.2 Å². The molecule has 1 aromatic rings. The fourth-order valence-electron chi connectivity index (χ4n) is 2.17. The topological polar surface area (TPSA) is 125 Å². The normalized spacial score (nSPS) is 31.7. The van der Waals surface area contributed by atoms with Crippen LogP contribution >= 0.6 is 0 Å². The van der Waals surface area contributed by atoms with Gasteiger partial charge < -0.3 is 20.1 Å². The van der Waals surface area contributed by atoms with E-state index in [4.69, 9.17) is 4.74 Å². The number of nitrogens with zero attached hydrogens (tertiary/aromatic N) is 1. The van der Waals surface area contributed by atoms with Crippen molar-refractivity contribution in [3.05, 3.63) is 33.1 Å². The van der Waals surface area contributed by atoms with E-state index >= 15 is 0 Å². The van der Waals surface area contributed by atoms with Gasteiger partial charge in [0.15, 0.2) is 11.8 Å². The van der Waals surface area contributed by atoms with Gasteiger partial charge in [0.05, 0.1) is 6.61 Å². The van der Waals surface area contributed by atoms with Gasteiger partial charge in [0.25, 0.3) is 5.56 Å². The molecule has 21 heavy (non-hydrogen) atoms. The minimum absolute atomic E-state index is 0.423. The van der Waals surface area contributed by atoms with Gasteiger partial charge in [0, 0.05) is 18.7 Å². The Morgan fingerprint density at radius 2 is 2.24 bits per heavy atom. The van der Waals surface area contributed by atoms with Gasteiger partial charge in [0.2, 0.25) is 0 Å². The van der Waals surface area contributed by atoms with E-state index in [1.54, 1.807) is 6.92 Å². The molecule has 0 aromatic carbocycles. The number of aromatic amines is 1. The first-order chi connectivity index (χ1) is 9.93. The molecule has 8 nitrogen and oxygen atoms in total. The maximum atomic E-state index is 11.8. The molecule has 8 heteroatoms. The van der Waals surface area contributed by atoms with E-state index in [0.29, 0.717) is 6.42 Å². The summed E-state index contributed by atoms with van der Waals surface area (Å²) in [6.45, 7) is 1.20. The Balaban J connectivity index is 2.53. The lowest BCUT2D eigenvalue weighted by atomic mass is 9.94. The minimum Gasteiger partial charge on any atom is -0.394 e. The van der Waals surface area contributed by atoms with Gasteiger partial charge in [-0.25, -0.2) is 4.79 Å². The lowest BCUT2D eigenvalue weighted by Crippen LogP contribution is -2.48. The van der Waals surface area contributed by atoms with Crippen LogP contribution in [0.1, 0.15) is 19.6 Å². The number of hydrogen-bond acceptors (Lipinski definition) is 6. The van der Waals surface area contributed by atoms with E-state index in [-0.39, 0.29) is 0 Å². The van der Waals surface area contributed by atoms with Crippen LogP contribution in [-0.2, 0) is 4.74 Å². The SMILES string of the molecule is CCC#CC1(O)C(O)C(CO)OC1n1ccc(=O)[nH]c1=O. The van der Waals surface area contributed by atoms with Crippen molar-refractivity contribution < 1.29 is 20.1 Å². The summed E-state index contributed by atoms with van der Waals surface area (Å²) in [5, 5.41) is 29.9. The summed E-state index contributed by atoms with van der Waals surface area (Å²) >= 11 is 0. The average Bonchev–Trinajstić information content (AvgIpc) is 2.70. The fourth-order valence-corrected chi connectivity index (χ4v) is 2.17. The molecule has 114 valence electrons. The average molecular weight is 296 g/mol. The van der Waals surface area contributed by atoms with Crippen LogP contribution in [0.5, 0.6) is 0 Å². The molecule has 4 N–H and O–H groups in total. The highest BCUT2D eigenvalue weighted by atomic mass is 16.6. The maximum absolute atomic E-state index is 11.8. The summed E-state index contributed by atoms with van der Waals surface area (Å²) in [6, 6.07) is 1.08. The summed E-state index contributed by atoms with van der Waals surface area (Å²) in [4.78, 5) is 24.9. The van der Waals surface area contributed by atoms with Crippen molar-refractivity contribution in [3.63, 3.8) is 0 Å². The molecule has 1 aliphatic rings. The van der Waals surface area contributed by atoms with Crippen molar-refractivity contribution >= 4 is 0 Å². The second-order valence-electron chi connectivity index (χ2n) is 4.65. The van der Waals surface area contributed by atoms with E-state index < -0.39 is 41.9 Å². The molecule has 0 aliphatic carbocycles. The smallest absolute Gasteiger partial charge is 0.330 e. The molecule has 0 spiro atoms. The van der Waals surface area contributed by atoms with Gasteiger partial charge in [-0.15, -0.1) is 5.92 Å². The Morgan fingerprint density at radius 3 is 2.81 bits per heavy atom. The Hall–Kier alpha value is -1.92. The first kappa shape index (κ1) is 15.5. The van der Waals surface area contributed by atoms with Gasteiger partial charge >= 0.3 is 5.69 Å². The van der Waals surface area contributed by atoms with Gasteiger partial charge in [-0.3, -0.25) is 14.3 Å². The van der Waals surface area contributed by atoms with Crippen molar-refractivity contribution in [1.82, 2.24) is 9.55 Å². The monoisotopic (exact) mass is 296 g/mol. The summed E-state index contributed by atoms with van der Waals surface area (Å²) in [7, 11) is 0. The maximum Gasteiger partial charge on any atom is 0.330 e. The molecule has 1 fully saturated rings. The number of aliphatic hydroxyl groups excluding tert-OH is 2. The molecular weight excluding hydrogens is 280 g/mol. The minimum atomic E-state index is -2.06. The van der Waals surface area contributed by atoms with Crippen LogP contribution in [0.4, 0.5) is 0 Å². The third-order valence-corrected chi connectivity index (χ3v) is 3.23. The molecule has 0 saturated carbocycles. The van der Waals surface area contributed by atoms with Crippen LogP contribution in [0.15, 0.2) is 21.9 Å². The highest BCUT2D eigenvalue weighted by Gasteiger charge is 2.55.